The van der Waals surface area contributed by atoms with E-state index in [1.54, 1.807) is 92.9 Å². The predicted octanol–water partition coefficient (Wildman–Crippen LogP) is 4.56. The van der Waals surface area contributed by atoms with Crippen LogP contribution in [-0.4, -0.2) is 287 Å². The maximum Gasteiger partial charge on any atom is 0.418 e. The Labute approximate surface area is 810 Å². The Bertz CT molecular complexity index is 5650. The van der Waals surface area contributed by atoms with Crippen LogP contribution < -0.4 is 53.6 Å². The van der Waals surface area contributed by atoms with Gasteiger partial charge in [-0.3, -0.25) is 43.2 Å². The molecule has 10 aliphatic rings. The third-order valence-corrected chi connectivity index (χ3v) is 25.1. The first kappa shape index (κ1) is 106. The number of urea groups is 5. The topological polar surface area (TPSA) is 618 Å². The second-order valence-electron chi connectivity index (χ2n) is 34.8. The van der Waals surface area contributed by atoms with Crippen LogP contribution in [0.15, 0.2) is 182 Å². The van der Waals surface area contributed by atoms with E-state index in [2.05, 4.69) is 50.7 Å². The molecule has 748 valence electrons. The molecule has 7 aromatic carbocycles. The number of anilines is 5. The molecule has 10 heterocycles. The van der Waals surface area contributed by atoms with Crippen molar-refractivity contribution in [1.82, 2.24) is 70.7 Å². The first-order valence-electron chi connectivity index (χ1n) is 45.6. The van der Waals surface area contributed by atoms with Gasteiger partial charge in [-0.1, -0.05) is 121 Å². The summed E-state index contributed by atoms with van der Waals surface area (Å²) in [5.74, 6) is -2.14. The number of nitrogen functional groups attached to an aromatic ring is 1. The number of hydrogen-bond donors (Lipinski definition) is 18. The molecule has 140 heavy (non-hydrogen) atoms. The fourth-order valence-electron chi connectivity index (χ4n) is 17.1. The zero-order valence-corrected chi connectivity index (χ0v) is 79.0. The second kappa shape index (κ2) is 49.1. The van der Waals surface area contributed by atoms with Crippen LogP contribution in [-0.2, 0) is 109 Å². The number of nitrogens with one attached hydrogen (secondary N) is 8. The van der Waals surface area contributed by atoms with Crippen molar-refractivity contribution in [3.63, 3.8) is 0 Å². The summed E-state index contributed by atoms with van der Waals surface area (Å²) >= 11 is 0. The molecule has 20 N–H and O–H groups in total. The average molecular weight is 1980 g/mol. The predicted molar refractivity (Wildman–Crippen MR) is 513 cm³/mol. The number of fused-ring (bicyclic) bond motifs is 10. The Balaban J connectivity index is 0.000000153. The van der Waals surface area contributed by atoms with E-state index < -0.39 is 121 Å². The molecule has 10 fully saturated rings. The molecule has 0 aliphatic carbocycles. The summed E-state index contributed by atoms with van der Waals surface area (Å²) in [6.07, 6.45) is 5.05. The lowest BCUT2D eigenvalue weighted by Gasteiger charge is -2.29. The summed E-state index contributed by atoms with van der Waals surface area (Å²) in [4.78, 5) is 141. The quantitative estimate of drug-likeness (QED) is 0.0119. The molecule has 0 radical (unpaired) electrons. The minimum absolute atomic E-state index is 0.0269. The van der Waals surface area contributed by atoms with Gasteiger partial charge < -0.3 is 103 Å². The average Bonchev–Trinajstić information content (AvgIpc) is 1.67. The van der Waals surface area contributed by atoms with Crippen molar-refractivity contribution in [2.24, 2.45) is 5.73 Å². The van der Waals surface area contributed by atoms with Crippen LogP contribution >= 0.6 is 0 Å². The highest BCUT2D eigenvalue weighted by Gasteiger charge is 2.54. The van der Waals surface area contributed by atoms with Gasteiger partial charge in [-0.25, -0.2) is 33.8 Å². The van der Waals surface area contributed by atoms with Gasteiger partial charge in [0.2, 0.25) is 23.6 Å². The van der Waals surface area contributed by atoms with Gasteiger partial charge in [0.1, 0.15) is 43.4 Å². The van der Waals surface area contributed by atoms with Crippen LogP contribution in [0.25, 0.3) is 0 Å². The van der Waals surface area contributed by atoms with Crippen LogP contribution in [0.2, 0.25) is 27.3 Å². The molecule has 0 aromatic heterocycles. The van der Waals surface area contributed by atoms with Crippen molar-refractivity contribution in [3.05, 3.63) is 221 Å². The fourth-order valence-corrected chi connectivity index (χ4v) is 17.9. The Kier molecular flexibility index (Phi) is 37.3. The number of hydrogen-bond acceptors (Lipinski definition) is 29. The van der Waals surface area contributed by atoms with Crippen LogP contribution in [0.1, 0.15) is 103 Å². The Morgan fingerprint density at radius 1 is 0.350 bits per heavy atom. The first-order valence-corrected chi connectivity index (χ1v) is 48.3. The summed E-state index contributed by atoms with van der Waals surface area (Å²) in [5.41, 5.74) is 21.2. The zero-order chi connectivity index (χ0) is 101. The van der Waals surface area contributed by atoms with Gasteiger partial charge in [0.15, 0.2) is 0 Å². The summed E-state index contributed by atoms with van der Waals surface area (Å²) in [6, 6.07) is 48.3. The molecule has 10 aliphatic heterocycles. The van der Waals surface area contributed by atoms with Crippen molar-refractivity contribution < 1.29 is 123 Å². The summed E-state index contributed by atoms with van der Waals surface area (Å²) in [5, 5.41) is 83.0. The SMILES string of the molecule is CB(O)NCc1ccc(N)cc1.CB(O)NCc1ccc(NC(=O)[C@@H]2CC[C@@H]3CN2C(=O)N3O)cc1.CB(O)NCc1ccc(NC(=O)[C@@H]2CC[C@@H]3CN2C(=O)N3OCc2ccccc2)cc1.CB(O)NCc1ccc(NC(=O)[C@@H]2CC[C@@H]3CN2C(=O)N3OS(=O)(=O)O)cc1.NCc1ccc(NC(=O)[C@@H]2CC[C@@H]3CN2C(=O)N3OS(=O)(=O)O)cc1.O=C(O)[C@@H]1CC[C@@H]2CN1C(=O)N2OCc1ccccc1. The van der Waals surface area contributed by atoms with Gasteiger partial charge in [0.25, 0.3) is 0 Å². The molecular formula is C88H116B4N20O26S2. The molecular weight excluding hydrogens is 1860 g/mol. The number of hydroxylamine groups is 10. The van der Waals surface area contributed by atoms with E-state index >= 15 is 0 Å². The highest BCUT2D eigenvalue weighted by Crippen LogP contribution is 2.37. The maximum atomic E-state index is 12.9. The van der Waals surface area contributed by atoms with Crippen molar-refractivity contribution in [2.45, 2.75) is 198 Å². The second-order valence-corrected chi connectivity index (χ2v) is 36.8. The molecule has 0 saturated carbocycles. The number of rotatable bonds is 32. The maximum absolute atomic E-state index is 12.9. The molecule has 14 amide bonds. The molecule has 10 saturated heterocycles. The van der Waals surface area contributed by atoms with Crippen LogP contribution in [0.5, 0.6) is 0 Å². The van der Waals surface area contributed by atoms with E-state index in [-0.39, 0.29) is 61.0 Å². The number of amides is 14. The lowest BCUT2D eigenvalue weighted by atomic mass is 9.88. The molecule has 52 heteroatoms. The number of nitrogens with two attached hydrogens (primary N) is 2. The number of carboxylic acids is 1. The van der Waals surface area contributed by atoms with Crippen molar-refractivity contribution in [1.29, 1.82) is 0 Å². The highest BCUT2D eigenvalue weighted by molar-refractivity contribution is 7.81. The van der Waals surface area contributed by atoms with Gasteiger partial charge >= 0.3 is 85.1 Å². The van der Waals surface area contributed by atoms with Crippen LogP contribution in [0.3, 0.4) is 0 Å². The van der Waals surface area contributed by atoms with E-state index in [9.17, 15) is 85.1 Å². The number of carbonyl (C=O) groups is 10. The summed E-state index contributed by atoms with van der Waals surface area (Å²) in [6.45, 7) is 11.5. The Morgan fingerprint density at radius 3 is 0.886 bits per heavy atom. The lowest BCUT2D eigenvalue weighted by molar-refractivity contribution is -0.143. The van der Waals surface area contributed by atoms with Gasteiger partial charge in [0, 0.05) is 93.9 Å². The first-order chi connectivity index (χ1) is 66.7. The van der Waals surface area contributed by atoms with Gasteiger partial charge in [-0.15, -0.1) is 8.57 Å². The number of carboxylic acid groups (broad SMARTS) is 1. The van der Waals surface area contributed by atoms with E-state index in [0.29, 0.717) is 156 Å². The third-order valence-electron chi connectivity index (χ3n) is 24.4. The minimum Gasteiger partial charge on any atom is -0.480 e. The smallest absolute Gasteiger partial charge is 0.418 e. The number of nitrogens with zero attached hydrogens (tertiary/aromatic N) is 10. The molecule has 7 aromatic rings. The third kappa shape index (κ3) is 29.6. The monoisotopic (exact) mass is 1980 g/mol. The molecule has 46 nitrogen and oxygen atoms in total. The fraction of sp³-hybridized carbons (Fsp3) is 0.409. The highest BCUT2D eigenvalue weighted by atomic mass is 32.3. The van der Waals surface area contributed by atoms with E-state index in [1.807, 2.05) is 121 Å². The molecule has 0 unspecified atom stereocenters. The number of aliphatic carboxylic acids is 1. The van der Waals surface area contributed by atoms with Crippen molar-refractivity contribution >= 4 is 137 Å². The van der Waals surface area contributed by atoms with Gasteiger partial charge in [-0.2, -0.15) is 37.1 Å². The Morgan fingerprint density at radius 2 is 0.600 bits per heavy atom. The van der Waals surface area contributed by atoms with E-state index in [4.69, 9.17) is 40.4 Å². The van der Waals surface area contributed by atoms with Crippen molar-refractivity contribution in [3.8, 4) is 0 Å². The van der Waals surface area contributed by atoms with Crippen molar-refractivity contribution in [2.75, 3.05) is 59.7 Å². The summed E-state index contributed by atoms with van der Waals surface area (Å²) < 4.78 is 69.8. The lowest BCUT2D eigenvalue weighted by Crippen LogP contribution is -2.47. The minimum atomic E-state index is -4.82. The largest absolute Gasteiger partial charge is 0.480 e. The number of carbonyl (C=O) groups excluding carboxylic acids is 9. The Hall–Kier alpha value is -12.4. The van der Waals surface area contributed by atoms with E-state index in [1.165, 1.54) is 29.7 Å². The normalized spacial score (nSPS) is 21.2. The number of benzene rings is 7. The number of piperidine rings is 5. The van der Waals surface area contributed by atoms with E-state index in [0.717, 1.165) is 56.1 Å². The summed E-state index contributed by atoms with van der Waals surface area (Å²) in [7, 11) is -11.9. The standard InChI is InChI=1S/C22H27BN4O4.C15H21BN4O7S.C15H21BN4O4.C14H18N4O6S.C14H16N2O4.C8H13BN2O/c1-23(30)24-13-16-7-9-18(10-8-16)25-21(28)20-12-11-19-14-26(20)22(29)27(19)31-15-17-5-3-2-4-6-17;1-16(23)17-8-10-2-4-11(5-3-10)18-14(21)13-7-6-12-9-19(13)15(22)20(12)27-28(24,25)26;1-16(23)17-8-10-2-4-11(5-3-10)18-14(21)13-7-6-12-9-19(13)15(22)20(12)24;15-7-9-1-3-10(4-2-9)16-13(19)12-6-5-11-8-17(12)14(20)18(11)24-25(21,22)23;17-13(18)12-7-6-11-8-15(12)14(19)16(11)20-9-10-4-2-1-3-5-10;1-9(12)11-6-7-2-4-8(10)5-3-7/h2-10,19-20,24,30H,11-15H2,1H3,(H,25,28);2-5,12-13,17,23H,6-9H2,1H3,(H,18,21)(H,24,25,26);2-5,12-13,17,23-24H,6-9H2,1H3,(H,18,21);1-4,11-12H,5-8,15H2,(H,16,19)(H,21,22,23);1-5,11-12H,6-9H2,(H,17,18);2-5,11-12H,6,10H2,1H3/t19-,20+;2*12-,13+;2*11-,12+;/m11111./s1. The van der Waals surface area contributed by atoms with Crippen LogP contribution in [0.4, 0.5) is 52.4 Å². The molecule has 0 spiro atoms. The molecule has 17 rings (SSSR count). The van der Waals surface area contributed by atoms with Gasteiger partial charge in [0.05, 0.1) is 30.2 Å². The van der Waals surface area contributed by atoms with Crippen LogP contribution in [0, 0.1) is 0 Å². The van der Waals surface area contributed by atoms with Gasteiger partial charge in [-0.05, 0) is 191 Å². The molecule has 10 bridgehead atoms. The zero-order valence-electron chi connectivity index (χ0n) is 77.3. The molecule has 10 atom stereocenters.